The van der Waals surface area contributed by atoms with Gasteiger partial charge in [0.2, 0.25) is 0 Å². The minimum absolute atomic E-state index is 0.183. The Kier molecular flexibility index (Phi) is 3.90. The van der Waals surface area contributed by atoms with E-state index in [4.69, 9.17) is 9.15 Å². The molecule has 3 rings (SSSR count). The third kappa shape index (κ3) is 2.85. The molecule has 0 fully saturated rings. The van der Waals surface area contributed by atoms with Crippen molar-refractivity contribution in [1.29, 1.82) is 0 Å². The van der Waals surface area contributed by atoms with Gasteiger partial charge in [-0.05, 0) is 42.8 Å². The van der Waals surface area contributed by atoms with E-state index in [0.717, 1.165) is 10.0 Å². The molecule has 22 heavy (non-hydrogen) atoms. The lowest BCUT2D eigenvalue weighted by Gasteiger charge is -2.06. The molecule has 0 aliphatic rings. The van der Waals surface area contributed by atoms with E-state index in [2.05, 4.69) is 15.9 Å². The summed E-state index contributed by atoms with van der Waals surface area (Å²) in [6.45, 7) is 2.05. The van der Waals surface area contributed by atoms with E-state index >= 15 is 0 Å². The largest absolute Gasteiger partial charge is 0.489 e. The van der Waals surface area contributed by atoms with Gasteiger partial charge in [-0.1, -0.05) is 28.1 Å². The summed E-state index contributed by atoms with van der Waals surface area (Å²) in [6, 6.07) is 13.0. The molecule has 1 N–H and O–H groups in total. The average Bonchev–Trinajstić information content (AvgIpc) is 2.80. The lowest BCUT2D eigenvalue weighted by Crippen LogP contribution is -1.98. The van der Waals surface area contributed by atoms with E-state index in [1.807, 2.05) is 24.3 Å². The Hall–Kier alpha value is -2.27. The number of carboxylic acid groups (broad SMARTS) is 1. The second-order valence-corrected chi connectivity index (χ2v) is 5.83. The number of hydrogen-bond donors (Lipinski definition) is 1. The molecule has 0 saturated heterocycles. The monoisotopic (exact) mass is 360 g/mol. The predicted molar refractivity (Wildman–Crippen MR) is 86.4 cm³/mol. The third-order valence-electron chi connectivity index (χ3n) is 3.34. The molecular formula is C17H13BrO4. The van der Waals surface area contributed by atoms with Crippen LogP contribution in [0.25, 0.3) is 11.0 Å². The highest BCUT2D eigenvalue weighted by Crippen LogP contribution is 2.29. The van der Waals surface area contributed by atoms with Crippen molar-refractivity contribution in [3.8, 4) is 5.75 Å². The topological polar surface area (TPSA) is 59.7 Å². The summed E-state index contributed by atoms with van der Waals surface area (Å²) in [5.74, 6) is 0.00260. The second kappa shape index (κ2) is 5.85. The van der Waals surface area contributed by atoms with Crippen molar-refractivity contribution in [2.45, 2.75) is 13.5 Å². The fourth-order valence-corrected chi connectivity index (χ4v) is 2.79. The maximum absolute atomic E-state index is 11.3. The lowest BCUT2D eigenvalue weighted by molar-refractivity contribution is 0.0697. The Morgan fingerprint density at radius 2 is 2.09 bits per heavy atom. The van der Waals surface area contributed by atoms with Crippen LogP contribution in [0.5, 0.6) is 5.75 Å². The molecule has 0 saturated carbocycles. The van der Waals surface area contributed by atoms with Gasteiger partial charge in [-0.25, -0.2) is 4.79 Å². The number of fused-ring (bicyclic) bond motifs is 1. The third-order valence-corrected chi connectivity index (χ3v) is 3.84. The van der Waals surface area contributed by atoms with E-state index < -0.39 is 5.97 Å². The first-order chi connectivity index (χ1) is 10.5. The molecule has 0 spiro atoms. The van der Waals surface area contributed by atoms with Gasteiger partial charge in [0.25, 0.3) is 0 Å². The molecule has 0 amide bonds. The molecule has 0 radical (unpaired) electrons. The maximum atomic E-state index is 11.3. The highest BCUT2D eigenvalue weighted by Gasteiger charge is 2.17. The van der Waals surface area contributed by atoms with Crippen molar-refractivity contribution in [2.24, 2.45) is 0 Å². The number of aryl methyl sites for hydroxylation is 1. The molecule has 3 aromatic rings. The summed E-state index contributed by atoms with van der Waals surface area (Å²) in [5, 5.41) is 9.83. The Morgan fingerprint density at radius 1 is 1.27 bits per heavy atom. The van der Waals surface area contributed by atoms with Crippen molar-refractivity contribution in [3.63, 3.8) is 0 Å². The zero-order chi connectivity index (χ0) is 15.7. The first-order valence-electron chi connectivity index (χ1n) is 6.68. The fraction of sp³-hybridized carbons (Fsp3) is 0.118. The molecular weight excluding hydrogens is 348 g/mol. The summed E-state index contributed by atoms with van der Waals surface area (Å²) in [5.41, 5.74) is 1.75. The molecule has 0 bridgehead atoms. The van der Waals surface area contributed by atoms with Crippen LogP contribution >= 0.6 is 15.9 Å². The average molecular weight is 361 g/mol. The van der Waals surface area contributed by atoms with Crippen LogP contribution in [0, 0.1) is 6.92 Å². The summed E-state index contributed by atoms with van der Waals surface area (Å²) >= 11 is 3.42. The summed E-state index contributed by atoms with van der Waals surface area (Å²) in [4.78, 5) is 11.3. The molecule has 0 aliphatic heterocycles. The number of rotatable bonds is 4. The first kappa shape index (κ1) is 14.7. The summed E-state index contributed by atoms with van der Waals surface area (Å²) in [7, 11) is 0. The van der Waals surface area contributed by atoms with Crippen LogP contribution < -0.4 is 4.74 Å². The molecule has 112 valence electrons. The van der Waals surface area contributed by atoms with Gasteiger partial charge in [0.1, 0.15) is 29.3 Å². The van der Waals surface area contributed by atoms with Gasteiger partial charge >= 0.3 is 5.97 Å². The van der Waals surface area contributed by atoms with Crippen LogP contribution in [0.3, 0.4) is 0 Å². The molecule has 2 aromatic carbocycles. The second-order valence-electron chi connectivity index (χ2n) is 4.91. The number of halogens is 1. The number of hydrogen-bond acceptors (Lipinski definition) is 3. The van der Waals surface area contributed by atoms with Gasteiger partial charge in [0, 0.05) is 9.86 Å². The molecule has 4 nitrogen and oxygen atoms in total. The van der Waals surface area contributed by atoms with Gasteiger partial charge < -0.3 is 14.3 Å². The van der Waals surface area contributed by atoms with Crippen LogP contribution in [-0.4, -0.2) is 11.1 Å². The number of benzene rings is 2. The molecule has 0 atom stereocenters. The molecule has 1 aromatic heterocycles. The highest BCUT2D eigenvalue weighted by molar-refractivity contribution is 9.10. The van der Waals surface area contributed by atoms with Crippen LogP contribution in [0.15, 0.2) is 51.4 Å². The van der Waals surface area contributed by atoms with Gasteiger partial charge in [0.05, 0.1) is 0 Å². The highest BCUT2D eigenvalue weighted by atomic mass is 79.9. The molecule has 1 heterocycles. The van der Waals surface area contributed by atoms with E-state index in [-0.39, 0.29) is 5.56 Å². The normalized spacial score (nSPS) is 10.8. The van der Waals surface area contributed by atoms with Crippen LogP contribution in [-0.2, 0) is 6.61 Å². The van der Waals surface area contributed by atoms with Crippen molar-refractivity contribution in [3.05, 3.63) is 63.8 Å². The first-order valence-corrected chi connectivity index (χ1v) is 7.47. The minimum Gasteiger partial charge on any atom is -0.489 e. The number of carboxylic acids is 1. The molecule has 0 unspecified atom stereocenters. The summed E-state index contributed by atoms with van der Waals surface area (Å²) < 4.78 is 12.2. The van der Waals surface area contributed by atoms with Gasteiger partial charge in [0.15, 0.2) is 0 Å². The predicted octanol–water partition coefficient (Wildman–Crippen LogP) is 4.78. The number of aromatic carboxylic acids is 1. The number of furan rings is 1. The Bertz CT molecular complexity index is 851. The Labute approximate surface area is 135 Å². The number of ether oxygens (including phenoxy) is 1. The molecule has 5 heteroatoms. The van der Waals surface area contributed by atoms with E-state index in [1.165, 1.54) is 0 Å². The zero-order valence-corrected chi connectivity index (χ0v) is 13.4. The lowest BCUT2D eigenvalue weighted by atomic mass is 10.1. The SMILES string of the molecule is Cc1oc2ccc(OCc3cccc(Br)c3)cc2c1C(=O)O. The summed E-state index contributed by atoms with van der Waals surface area (Å²) in [6.07, 6.45) is 0. The number of carbonyl (C=O) groups is 1. The Morgan fingerprint density at radius 3 is 2.82 bits per heavy atom. The smallest absolute Gasteiger partial charge is 0.339 e. The quantitative estimate of drug-likeness (QED) is 0.727. The van der Waals surface area contributed by atoms with E-state index in [0.29, 0.717) is 29.1 Å². The van der Waals surface area contributed by atoms with E-state index in [9.17, 15) is 9.90 Å². The van der Waals surface area contributed by atoms with Gasteiger partial charge in [-0.2, -0.15) is 0 Å². The van der Waals surface area contributed by atoms with Gasteiger partial charge in [-0.15, -0.1) is 0 Å². The van der Waals surface area contributed by atoms with E-state index in [1.54, 1.807) is 25.1 Å². The van der Waals surface area contributed by atoms with Crippen LogP contribution in [0.1, 0.15) is 21.7 Å². The minimum atomic E-state index is -1.000. The van der Waals surface area contributed by atoms with Crippen LogP contribution in [0.2, 0.25) is 0 Å². The van der Waals surface area contributed by atoms with Crippen LogP contribution in [0.4, 0.5) is 0 Å². The Balaban J connectivity index is 1.88. The zero-order valence-electron chi connectivity index (χ0n) is 11.8. The van der Waals surface area contributed by atoms with Crippen molar-refractivity contribution >= 4 is 32.9 Å². The molecule has 0 aliphatic carbocycles. The van der Waals surface area contributed by atoms with Crippen molar-refractivity contribution in [1.82, 2.24) is 0 Å². The maximum Gasteiger partial charge on any atom is 0.339 e. The van der Waals surface area contributed by atoms with Crippen molar-refractivity contribution < 1.29 is 19.1 Å². The van der Waals surface area contributed by atoms with Gasteiger partial charge in [-0.3, -0.25) is 0 Å². The van der Waals surface area contributed by atoms with Crippen molar-refractivity contribution in [2.75, 3.05) is 0 Å². The fourth-order valence-electron chi connectivity index (χ4n) is 2.35. The standard InChI is InChI=1S/C17H13BrO4/c1-10-16(17(19)20)14-8-13(5-6-15(14)22-10)21-9-11-3-2-4-12(18)7-11/h2-8H,9H2,1H3,(H,19,20).